The van der Waals surface area contributed by atoms with Gasteiger partial charge in [0, 0.05) is 23.2 Å². The molecule has 0 aliphatic heterocycles. The number of esters is 1. The molecule has 1 N–H and O–H groups in total. The highest BCUT2D eigenvalue weighted by molar-refractivity contribution is 7.99. The molecule has 226 valence electrons. The van der Waals surface area contributed by atoms with Gasteiger partial charge in [0.2, 0.25) is 5.16 Å². The highest BCUT2D eigenvalue weighted by Crippen LogP contribution is 2.68. The van der Waals surface area contributed by atoms with E-state index in [0.717, 1.165) is 24.8 Å². The molecular formula is C33H44N4O4S. The van der Waals surface area contributed by atoms with Crippen LogP contribution in [-0.4, -0.2) is 55.9 Å². The molecule has 2 aromatic rings. The van der Waals surface area contributed by atoms with Gasteiger partial charge in [0.05, 0.1) is 18.1 Å². The molecule has 0 radical (unpaired) electrons. The summed E-state index contributed by atoms with van der Waals surface area (Å²) in [5, 5.41) is 25.2. The monoisotopic (exact) mass is 592 g/mol. The molecule has 1 aromatic carbocycles. The van der Waals surface area contributed by atoms with Gasteiger partial charge in [-0.1, -0.05) is 75.4 Å². The molecule has 8 atom stereocenters. The number of hydrogen-bond donors (Lipinski definition) is 1. The summed E-state index contributed by atoms with van der Waals surface area (Å²) in [6, 6.07) is 8.02. The van der Waals surface area contributed by atoms with E-state index < -0.39 is 23.0 Å². The number of aryl methyl sites for hydroxylation is 2. The molecule has 3 aliphatic rings. The number of Topliss-reactive ketones (excluding diaryl/α,β-unsaturated/α-hetero) is 1. The van der Waals surface area contributed by atoms with E-state index >= 15 is 0 Å². The lowest BCUT2D eigenvalue weighted by molar-refractivity contribution is -0.205. The first-order valence-corrected chi connectivity index (χ1v) is 16.0. The topological polar surface area (TPSA) is 107 Å². The van der Waals surface area contributed by atoms with Crippen LogP contribution in [0.25, 0.3) is 0 Å². The minimum atomic E-state index is -0.690. The Balaban J connectivity index is 1.39. The van der Waals surface area contributed by atoms with Crippen molar-refractivity contribution in [2.75, 3.05) is 5.75 Å². The second kappa shape index (κ2) is 11.4. The number of aliphatic hydroxyl groups excluding tert-OH is 1. The lowest BCUT2D eigenvalue weighted by Crippen LogP contribution is -2.63. The molecule has 3 aliphatic carbocycles. The van der Waals surface area contributed by atoms with Crippen molar-refractivity contribution < 1.29 is 19.4 Å². The second-order valence-corrected chi connectivity index (χ2v) is 14.3. The van der Waals surface area contributed by atoms with Crippen molar-refractivity contribution in [1.82, 2.24) is 14.9 Å². The first-order valence-electron chi connectivity index (χ1n) is 15.1. The number of nitrogens with zero attached hydrogens (tertiary/aromatic N) is 4. The Kier molecular flexibility index (Phi) is 8.31. The number of aromatic nitrogens is 3. The van der Waals surface area contributed by atoms with E-state index in [1.165, 1.54) is 17.3 Å². The molecule has 2 bridgehead atoms. The Morgan fingerprint density at radius 1 is 1.21 bits per heavy atom. The average Bonchev–Trinajstić information content (AvgIpc) is 3.51. The number of benzene rings is 1. The third-order valence-corrected chi connectivity index (χ3v) is 12.0. The van der Waals surface area contributed by atoms with Crippen molar-refractivity contribution in [3.05, 3.63) is 53.9 Å². The fourth-order valence-corrected chi connectivity index (χ4v) is 8.87. The van der Waals surface area contributed by atoms with Crippen LogP contribution in [-0.2, 0) is 14.3 Å². The van der Waals surface area contributed by atoms with E-state index in [2.05, 4.69) is 42.6 Å². The lowest BCUT2D eigenvalue weighted by atomic mass is 9.44. The van der Waals surface area contributed by atoms with Gasteiger partial charge in [0.1, 0.15) is 11.9 Å². The van der Waals surface area contributed by atoms with Crippen LogP contribution in [0.3, 0.4) is 0 Å². The number of carbonyl (C=O) groups excluding carboxylic acids is 2. The summed E-state index contributed by atoms with van der Waals surface area (Å²) in [4.78, 5) is 27.1. The maximum absolute atomic E-state index is 13.6. The van der Waals surface area contributed by atoms with E-state index in [-0.39, 0.29) is 40.7 Å². The van der Waals surface area contributed by atoms with Gasteiger partial charge in [-0.3, -0.25) is 9.59 Å². The molecule has 5 rings (SSSR count). The van der Waals surface area contributed by atoms with Gasteiger partial charge in [0.25, 0.3) is 0 Å². The average molecular weight is 593 g/mol. The van der Waals surface area contributed by atoms with Crippen molar-refractivity contribution in [3.63, 3.8) is 0 Å². The maximum atomic E-state index is 13.6. The van der Waals surface area contributed by atoms with Crippen LogP contribution in [0, 0.1) is 47.8 Å². The minimum absolute atomic E-state index is 0.0205. The summed E-state index contributed by atoms with van der Waals surface area (Å²) in [6.45, 7) is 16.4. The summed E-state index contributed by atoms with van der Waals surface area (Å²) in [7, 11) is 0. The molecular weight excluding hydrogens is 548 g/mol. The zero-order valence-corrected chi connectivity index (χ0v) is 26.5. The molecule has 1 aromatic heterocycles. The summed E-state index contributed by atoms with van der Waals surface area (Å²) >= 11 is 1.22. The van der Waals surface area contributed by atoms with E-state index in [4.69, 9.17) is 4.74 Å². The van der Waals surface area contributed by atoms with Gasteiger partial charge in [0.15, 0.2) is 5.82 Å². The quantitative estimate of drug-likeness (QED) is 0.188. The van der Waals surface area contributed by atoms with Gasteiger partial charge in [-0.2, -0.15) is 9.78 Å². The summed E-state index contributed by atoms with van der Waals surface area (Å²) in [6.07, 6.45) is 5.87. The number of carbonyl (C=O) groups is 2. The Hall–Kier alpha value is -2.78. The first-order chi connectivity index (χ1) is 19.9. The van der Waals surface area contributed by atoms with Crippen molar-refractivity contribution >= 4 is 29.7 Å². The first kappa shape index (κ1) is 30.7. The molecule has 3 saturated carbocycles. The number of hydrogen-bond acceptors (Lipinski definition) is 8. The van der Waals surface area contributed by atoms with Crippen LogP contribution >= 0.6 is 11.8 Å². The maximum Gasteiger partial charge on any atom is 0.316 e. The number of ketones is 1. The molecule has 0 saturated heterocycles. The van der Waals surface area contributed by atoms with Crippen molar-refractivity contribution in [2.45, 2.75) is 91.0 Å². The number of rotatable bonds is 7. The van der Waals surface area contributed by atoms with E-state index in [1.807, 2.05) is 51.1 Å². The van der Waals surface area contributed by atoms with Crippen LogP contribution in [0.5, 0.6) is 0 Å². The summed E-state index contributed by atoms with van der Waals surface area (Å²) in [5.74, 6) is 0.360. The molecule has 3 fully saturated rings. The van der Waals surface area contributed by atoms with Crippen molar-refractivity contribution in [3.8, 4) is 0 Å². The Labute approximate surface area is 253 Å². The molecule has 0 unspecified atom stereocenters. The fraction of sp³-hybridized carbons (Fsp3) is 0.606. The molecule has 8 nitrogen and oxygen atoms in total. The zero-order chi connectivity index (χ0) is 30.4. The normalized spacial score (nSPS) is 36.4. The zero-order valence-electron chi connectivity index (χ0n) is 25.7. The van der Waals surface area contributed by atoms with Crippen molar-refractivity contribution in [1.29, 1.82) is 0 Å². The highest BCUT2D eigenvalue weighted by Gasteiger charge is 2.68. The van der Waals surface area contributed by atoms with Crippen molar-refractivity contribution in [2.24, 2.45) is 39.1 Å². The SMILES string of the molecule is C=C[C@]1(C)C[C@@H](OC(=O)CSc2nnc(C)n2/N=C/c2ccc(C)cc2)[C@]2(C)[C@H](C)CC[C@]3(CCC(=O)[C@H]32)[C@@H](C)[C@@H]1O. The lowest BCUT2D eigenvalue weighted by Gasteiger charge is -2.61. The minimum Gasteiger partial charge on any atom is -0.461 e. The third kappa shape index (κ3) is 5.06. The van der Waals surface area contributed by atoms with Crippen LogP contribution in [0.15, 0.2) is 47.2 Å². The predicted octanol–water partition coefficient (Wildman–Crippen LogP) is 5.78. The fourth-order valence-electron chi connectivity index (χ4n) is 8.16. The van der Waals surface area contributed by atoms with Crippen LogP contribution in [0.1, 0.15) is 76.8 Å². The van der Waals surface area contributed by atoms with Gasteiger partial charge < -0.3 is 9.84 Å². The second-order valence-electron chi connectivity index (χ2n) is 13.3. The number of ether oxygens (including phenoxy) is 1. The largest absolute Gasteiger partial charge is 0.461 e. The molecule has 0 spiro atoms. The van der Waals surface area contributed by atoms with Crippen LogP contribution < -0.4 is 0 Å². The highest BCUT2D eigenvalue weighted by atomic mass is 32.2. The van der Waals surface area contributed by atoms with Gasteiger partial charge in [-0.15, -0.1) is 16.8 Å². The summed E-state index contributed by atoms with van der Waals surface area (Å²) in [5.41, 5.74) is 0.609. The van der Waals surface area contributed by atoms with Gasteiger partial charge >= 0.3 is 5.97 Å². The van der Waals surface area contributed by atoms with Gasteiger partial charge in [-0.05, 0) is 62.3 Å². The predicted molar refractivity (Wildman–Crippen MR) is 164 cm³/mol. The Morgan fingerprint density at radius 3 is 2.62 bits per heavy atom. The summed E-state index contributed by atoms with van der Waals surface area (Å²) < 4.78 is 7.98. The standard InChI is InChI=1S/C33H44N4O4S/c1-8-31(6)17-26(32(7)21(3)13-15-33(22(4)29(31)40)16-14-25(38)28(32)33)41-27(39)19-42-30-36-35-23(5)37(30)34-18-24-11-9-20(2)10-12-24/h8-12,18,21-22,26,28-29,40H,1,13-17,19H2,2-7H3/b34-18+/t21-,22+,26-,28+,29+,31-,32+,33+/m1/s1. The Bertz CT molecular complexity index is 1390. The van der Waals surface area contributed by atoms with E-state index in [9.17, 15) is 14.7 Å². The molecule has 0 amide bonds. The van der Waals surface area contributed by atoms with Crippen LogP contribution in [0.2, 0.25) is 0 Å². The smallest absolute Gasteiger partial charge is 0.316 e. The van der Waals surface area contributed by atoms with Crippen LogP contribution in [0.4, 0.5) is 0 Å². The number of thioether (sulfide) groups is 1. The Morgan fingerprint density at radius 2 is 1.93 bits per heavy atom. The molecule has 1 heterocycles. The van der Waals surface area contributed by atoms with E-state index in [1.54, 1.807) is 10.9 Å². The van der Waals surface area contributed by atoms with E-state index in [0.29, 0.717) is 23.8 Å². The number of aliphatic hydroxyl groups is 1. The molecule has 42 heavy (non-hydrogen) atoms. The molecule has 9 heteroatoms. The third-order valence-electron chi connectivity index (χ3n) is 11.1. The van der Waals surface area contributed by atoms with Gasteiger partial charge in [-0.25, -0.2) is 0 Å².